The Kier molecular flexibility index (Phi) is 3.81. The molecule has 0 saturated heterocycles. The van der Waals surface area contributed by atoms with Gasteiger partial charge in [-0.3, -0.25) is 0 Å². The van der Waals surface area contributed by atoms with E-state index >= 15 is 0 Å². The van der Waals surface area contributed by atoms with Gasteiger partial charge in [-0.1, -0.05) is 42.5 Å². The van der Waals surface area contributed by atoms with E-state index in [1.807, 2.05) is 36.4 Å². The number of aliphatic hydroxyl groups excluding tert-OH is 1. The number of terminal acetylenes is 1. The molecular formula is C12H12O. The molecule has 13 heavy (non-hydrogen) atoms. The van der Waals surface area contributed by atoms with Crippen molar-refractivity contribution in [1.82, 2.24) is 0 Å². The predicted molar refractivity (Wildman–Crippen MR) is 54.9 cm³/mol. The Balaban J connectivity index is 2.55. The molecule has 1 atom stereocenters. The summed E-state index contributed by atoms with van der Waals surface area (Å²) in [4.78, 5) is 0. The van der Waals surface area contributed by atoms with Crippen LogP contribution in [0.5, 0.6) is 0 Å². The first-order valence-corrected chi connectivity index (χ1v) is 4.17. The van der Waals surface area contributed by atoms with E-state index in [-0.39, 0.29) is 0 Å². The summed E-state index contributed by atoms with van der Waals surface area (Å²) in [5, 5.41) is 9.28. The van der Waals surface area contributed by atoms with E-state index in [1.54, 1.807) is 6.08 Å². The Morgan fingerprint density at radius 1 is 1.38 bits per heavy atom. The highest BCUT2D eigenvalue weighted by molar-refractivity contribution is 5.49. The van der Waals surface area contributed by atoms with Crippen LogP contribution < -0.4 is 0 Å². The summed E-state index contributed by atoms with van der Waals surface area (Å²) < 4.78 is 0. The van der Waals surface area contributed by atoms with Crippen LogP contribution in [0, 0.1) is 12.3 Å². The standard InChI is InChI=1S/C12H12O/c1-2-6-12(13)10-9-11-7-4-3-5-8-11/h1,3-5,7-10,12-13H,6H2/b10-9-. The van der Waals surface area contributed by atoms with Gasteiger partial charge in [0.2, 0.25) is 0 Å². The summed E-state index contributed by atoms with van der Waals surface area (Å²) in [6.45, 7) is 0. The van der Waals surface area contributed by atoms with Crippen LogP contribution in [0.4, 0.5) is 0 Å². The van der Waals surface area contributed by atoms with Gasteiger partial charge in [0.1, 0.15) is 0 Å². The first-order valence-electron chi connectivity index (χ1n) is 4.17. The maximum atomic E-state index is 9.28. The number of benzene rings is 1. The third kappa shape index (κ3) is 3.59. The molecule has 0 aliphatic heterocycles. The van der Waals surface area contributed by atoms with E-state index < -0.39 is 6.10 Å². The van der Waals surface area contributed by atoms with Gasteiger partial charge in [0.25, 0.3) is 0 Å². The molecule has 0 aliphatic rings. The zero-order valence-electron chi connectivity index (χ0n) is 7.35. The van der Waals surface area contributed by atoms with Gasteiger partial charge in [0.05, 0.1) is 6.10 Å². The summed E-state index contributed by atoms with van der Waals surface area (Å²) in [6.07, 6.45) is 8.45. The van der Waals surface area contributed by atoms with Gasteiger partial charge >= 0.3 is 0 Å². The predicted octanol–water partition coefficient (Wildman–Crippen LogP) is 2.08. The first kappa shape index (κ1) is 9.57. The molecule has 1 nitrogen and oxygen atoms in total. The van der Waals surface area contributed by atoms with Crippen molar-refractivity contribution in [2.75, 3.05) is 0 Å². The molecule has 0 saturated carbocycles. The van der Waals surface area contributed by atoms with E-state index in [9.17, 15) is 5.11 Å². The zero-order valence-corrected chi connectivity index (χ0v) is 7.35. The molecule has 66 valence electrons. The molecule has 0 spiro atoms. The molecular weight excluding hydrogens is 160 g/mol. The second-order valence-electron chi connectivity index (χ2n) is 2.75. The summed E-state index contributed by atoms with van der Waals surface area (Å²) in [6, 6.07) is 9.80. The minimum atomic E-state index is -0.537. The van der Waals surface area contributed by atoms with Crippen molar-refractivity contribution in [2.45, 2.75) is 12.5 Å². The average Bonchev–Trinajstić information content (AvgIpc) is 2.17. The highest BCUT2D eigenvalue weighted by Crippen LogP contribution is 2.02. The molecule has 0 radical (unpaired) electrons. The van der Waals surface area contributed by atoms with Crippen LogP contribution in [0.15, 0.2) is 36.4 Å². The molecule has 1 rings (SSSR count). The SMILES string of the molecule is C#CCC(O)/C=C\c1ccccc1. The van der Waals surface area contributed by atoms with Gasteiger partial charge in [0, 0.05) is 6.42 Å². The minimum absolute atomic E-state index is 0.364. The quantitative estimate of drug-likeness (QED) is 0.692. The Morgan fingerprint density at radius 2 is 2.08 bits per heavy atom. The lowest BCUT2D eigenvalue weighted by Gasteiger charge is -1.98. The number of aliphatic hydroxyl groups is 1. The van der Waals surface area contributed by atoms with E-state index in [0.29, 0.717) is 6.42 Å². The molecule has 0 heterocycles. The average molecular weight is 172 g/mol. The summed E-state index contributed by atoms with van der Waals surface area (Å²) >= 11 is 0. The third-order valence-electron chi connectivity index (χ3n) is 1.64. The Labute approximate surface area is 78.7 Å². The van der Waals surface area contributed by atoms with E-state index in [1.165, 1.54) is 0 Å². The topological polar surface area (TPSA) is 20.2 Å². The Bertz CT molecular complexity index is 306. The fraction of sp³-hybridized carbons (Fsp3) is 0.167. The number of hydrogen-bond acceptors (Lipinski definition) is 1. The van der Waals surface area contributed by atoms with E-state index in [0.717, 1.165) is 5.56 Å². The van der Waals surface area contributed by atoms with Crippen molar-refractivity contribution < 1.29 is 5.11 Å². The van der Waals surface area contributed by atoms with Crippen LogP contribution in [0.25, 0.3) is 6.08 Å². The van der Waals surface area contributed by atoms with Crippen LogP contribution in [0.2, 0.25) is 0 Å². The molecule has 1 unspecified atom stereocenters. The maximum Gasteiger partial charge on any atom is 0.0833 e. The van der Waals surface area contributed by atoms with Crippen molar-refractivity contribution in [3.63, 3.8) is 0 Å². The normalized spacial score (nSPS) is 12.6. The third-order valence-corrected chi connectivity index (χ3v) is 1.64. The molecule has 0 aliphatic carbocycles. The van der Waals surface area contributed by atoms with Gasteiger partial charge in [-0.15, -0.1) is 12.3 Å². The lowest BCUT2D eigenvalue weighted by Crippen LogP contribution is -1.98. The molecule has 1 heteroatoms. The second-order valence-corrected chi connectivity index (χ2v) is 2.75. The molecule has 0 bridgehead atoms. The van der Waals surface area contributed by atoms with Gasteiger partial charge in [-0.05, 0) is 5.56 Å². The summed E-state index contributed by atoms with van der Waals surface area (Å²) in [5.74, 6) is 2.40. The molecule has 1 N–H and O–H groups in total. The minimum Gasteiger partial charge on any atom is -0.388 e. The summed E-state index contributed by atoms with van der Waals surface area (Å²) in [5.41, 5.74) is 1.07. The fourth-order valence-corrected chi connectivity index (χ4v) is 0.975. The molecule has 0 amide bonds. The second kappa shape index (κ2) is 5.18. The first-order chi connectivity index (χ1) is 6.33. The van der Waals surface area contributed by atoms with Gasteiger partial charge < -0.3 is 5.11 Å². The zero-order chi connectivity index (χ0) is 9.52. The van der Waals surface area contributed by atoms with Gasteiger partial charge in [-0.2, -0.15) is 0 Å². The van der Waals surface area contributed by atoms with Crippen LogP contribution in [-0.4, -0.2) is 11.2 Å². The van der Waals surface area contributed by atoms with Crippen molar-refractivity contribution in [2.24, 2.45) is 0 Å². The van der Waals surface area contributed by atoms with Crippen LogP contribution >= 0.6 is 0 Å². The smallest absolute Gasteiger partial charge is 0.0833 e. The van der Waals surface area contributed by atoms with Crippen molar-refractivity contribution in [3.8, 4) is 12.3 Å². The maximum absolute atomic E-state index is 9.28. The fourth-order valence-electron chi connectivity index (χ4n) is 0.975. The number of rotatable bonds is 3. The molecule has 1 aromatic carbocycles. The van der Waals surface area contributed by atoms with E-state index in [4.69, 9.17) is 6.42 Å². The number of hydrogen-bond donors (Lipinski definition) is 1. The summed E-state index contributed by atoms with van der Waals surface area (Å²) in [7, 11) is 0. The lowest BCUT2D eigenvalue weighted by atomic mass is 10.1. The molecule has 0 fully saturated rings. The van der Waals surface area contributed by atoms with Crippen molar-refractivity contribution in [1.29, 1.82) is 0 Å². The Morgan fingerprint density at radius 3 is 2.69 bits per heavy atom. The molecule has 0 aromatic heterocycles. The van der Waals surface area contributed by atoms with Gasteiger partial charge in [0.15, 0.2) is 0 Å². The highest BCUT2D eigenvalue weighted by atomic mass is 16.3. The van der Waals surface area contributed by atoms with E-state index in [2.05, 4.69) is 5.92 Å². The van der Waals surface area contributed by atoms with Crippen molar-refractivity contribution >= 4 is 6.08 Å². The van der Waals surface area contributed by atoms with Gasteiger partial charge in [-0.25, -0.2) is 0 Å². The lowest BCUT2D eigenvalue weighted by molar-refractivity contribution is 0.230. The highest BCUT2D eigenvalue weighted by Gasteiger charge is 1.93. The monoisotopic (exact) mass is 172 g/mol. The molecule has 1 aromatic rings. The van der Waals surface area contributed by atoms with Crippen LogP contribution in [0.1, 0.15) is 12.0 Å². The Hall–Kier alpha value is -1.52. The van der Waals surface area contributed by atoms with Crippen LogP contribution in [-0.2, 0) is 0 Å². The van der Waals surface area contributed by atoms with Crippen LogP contribution in [0.3, 0.4) is 0 Å². The van der Waals surface area contributed by atoms with Crippen molar-refractivity contribution in [3.05, 3.63) is 42.0 Å². The largest absolute Gasteiger partial charge is 0.388 e.